The highest BCUT2D eigenvalue weighted by atomic mass is 35.5. The van der Waals surface area contributed by atoms with Crippen LogP contribution in [-0.4, -0.2) is 31.4 Å². The lowest BCUT2D eigenvalue weighted by Crippen LogP contribution is -2.14. The average molecular weight is 541 g/mol. The van der Waals surface area contributed by atoms with E-state index in [1.165, 1.54) is 23.1 Å². The lowest BCUT2D eigenvalue weighted by Gasteiger charge is -2.08. The van der Waals surface area contributed by atoms with E-state index in [0.717, 1.165) is 11.3 Å². The van der Waals surface area contributed by atoms with Crippen molar-refractivity contribution in [3.05, 3.63) is 68.7 Å². The van der Waals surface area contributed by atoms with Crippen molar-refractivity contribution in [1.82, 2.24) is 19.7 Å². The number of carbonyl (C=O) groups is 1. The van der Waals surface area contributed by atoms with Crippen molar-refractivity contribution < 1.29 is 9.53 Å². The number of nitrogens with zero attached hydrogens (tertiary/aromatic N) is 4. The molecule has 33 heavy (non-hydrogen) atoms. The van der Waals surface area contributed by atoms with Gasteiger partial charge in [-0.2, -0.15) is 0 Å². The topological polar surface area (TPSA) is 81.9 Å². The molecule has 2 heterocycles. The van der Waals surface area contributed by atoms with Crippen LogP contribution in [-0.2, 0) is 18.4 Å². The Hall–Kier alpha value is -2.30. The summed E-state index contributed by atoms with van der Waals surface area (Å²) in [5, 5.41) is 15.7. The molecule has 0 bridgehead atoms. The van der Waals surface area contributed by atoms with Crippen LogP contribution in [0.4, 0.5) is 5.13 Å². The van der Waals surface area contributed by atoms with E-state index in [1.54, 1.807) is 41.9 Å². The number of thiazole rings is 1. The first-order valence-electron chi connectivity index (χ1n) is 9.49. The summed E-state index contributed by atoms with van der Waals surface area (Å²) >= 11 is 20.6. The molecule has 0 aliphatic rings. The SMILES string of the molecule is Cn1c(COc2cc(Cl)ccc2Cl)nnc1SCC(=O)Nc1nc(-c2ccc(Cl)cc2)cs1. The smallest absolute Gasteiger partial charge is 0.236 e. The third-order valence-corrected chi connectivity index (χ3v) is 6.98. The predicted molar refractivity (Wildman–Crippen MR) is 134 cm³/mol. The molecule has 2 aromatic carbocycles. The summed E-state index contributed by atoms with van der Waals surface area (Å²) in [6.45, 7) is 0.156. The van der Waals surface area contributed by atoms with Crippen LogP contribution in [0.1, 0.15) is 5.82 Å². The van der Waals surface area contributed by atoms with E-state index in [-0.39, 0.29) is 18.3 Å². The highest BCUT2D eigenvalue weighted by Gasteiger charge is 2.14. The summed E-state index contributed by atoms with van der Waals surface area (Å²) in [6, 6.07) is 12.4. The largest absolute Gasteiger partial charge is 0.484 e. The van der Waals surface area contributed by atoms with Gasteiger partial charge in [-0.1, -0.05) is 58.7 Å². The fourth-order valence-corrected chi connectivity index (χ4v) is 4.62. The lowest BCUT2D eigenvalue weighted by atomic mass is 10.2. The van der Waals surface area contributed by atoms with Crippen molar-refractivity contribution in [1.29, 1.82) is 0 Å². The van der Waals surface area contributed by atoms with Crippen LogP contribution in [0, 0.1) is 0 Å². The van der Waals surface area contributed by atoms with Gasteiger partial charge in [-0.05, 0) is 24.3 Å². The van der Waals surface area contributed by atoms with Gasteiger partial charge in [0.2, 0.25) is 5.91 Å². The quantitative estimate of drug-likeness (QED) is 0.268. The van der Waals surface area contributed by atoms with Gasteiger partial charge in [0, 0.05) is 34.1 Å². The molecule has 0 aliphatic carbocycles. The van der Waals surface area contributed by atoms with E-state index in [1.807, 2.05) is 17.5 Å². The number of thioether (sulfide) groups is 1. The number of halogens is 3. The molecule has 170 valence electrons. The van der Waals surface area contributed by atoms with Crippen LogP contribution in [0.3, 0.4) is 0 Å². The third kappa shape index (κ3) is 6.18. The Morgan fingerprint density at radius 2 is 1.88 bits per heavy atom. The Morgan fingerprint density at radius 3 is 2.67 bits per heavy atom. The molecule has 0 atom stereocenters. The molecule has 0 fully saturated rings. The summed E-state index contributed by atoms with van der Waals surface area (Å²) in [6.07, 6.45) is 0. The van der Waals surface area contributed by atoms with Crippen LogP contribution in [0.2, 0.25) is 15.1 Å². The van der Waals surface area contributed by atoms with Crippen LogP contribution >= 0.6 is 57.9 Å². The number of anilines is 1. The number of rotatable bonds is 8. The predicted octanol–water partition coefficient (Wildman–Crippen LogP) is 6.21. The fraction of sp³-hybridized carbons (Fsp3) is 0.143. The number of aromatic nitrogens is 4. The second-order valence-electron chi connectivity index (χ2n) is 6.70. The van der Waals surface area contributed by atoms with Crippen molar-refractivity contribution >= 4 is 68.9 Å². The van der Waals surface area contributed by atoms with Gasteiger partial charge in [0.1, 0.15) is 12.4 Å². The molecule has 0 aliphatic heterocycles. The van der Waals surface area contributed by atoms with Gasteiger partial charge in [-0.25, -0.2) is 4.98 Å². The van der Waals surface area contributed by atoms with Gasteiger partial charge in [-0.3, -0.25) is 4.79 Å². The summed E-state index contributed by atoms with van der Waals surface area (Å²) in [5.41, 5.74) is 1.70. The minimum absolute atomic E-state index is 0.156. The van der Waals surface area contributed by atoms with E-state index in [4.69, 9.17) is 39.5 Å². The van der Waals surface area contributed by atoms with Crippen LogP contribution in [0.15, 0.2) is 53.0 Å². The third-order valence-electron chi connectivity index (χ3n) is 4.40. The van der Waals surface area contributed by atoms with E-state index >= 15 is 0 Å². The molecular formula is C21H16Cl3N5O2S2. The van der Waals surface area contributed by atoms with E-state index < -0.39 is 0 Å². The van der Waals surface area contributed by atoms with E-state index in [2.05, 4.69) is 20.5 Å². The zero-order valence-corrected chi connectivity index (χ0v) is 21.0. The molecule has 4 rings (SSSR count). The zero-order valence-electron chi connectivity index (χ0n) is 17.1. The van der Waals surface area contributed by atoms with E-state index in [9.17, 15) is 4.79 Å². The zero-order chi connectivity index (χ0) is 23.4. The molecule has 7 nitrogen and oxygen atoms in total. The summed E-state index contributed by atoms with van der Waals surface area (Å²) in [5.74, 6) is 1.01. The molecule has 0 spiro atoms. The minimum atomic E-state index is -0.191. The van der Waals surface area contributed by atoms with Crippen molar-refractivity contribution in [2.24, 2.45) is 7.05 Å². The maximum absolute atomic E-state index is 12.4. The number of hydrogen-bond donors (Lipinski definition) is 1. The Labute approximate surface area is 213 Å². The maximum atomic E-state index is 12.4. The Kier molecular flexibility index (Phi) is 7.77. The maximum Gasteiger partial charge on any atom is 0.236 e. The van der Waals surface area contributed by atoms with E-state index in [0.29, 0.717) is 36.9 Å². The molecule has 1 amide bonds. The van der Waals surface area contributed by atoms with Crippen LogP contribution < -0.4 is 10.1 Å². The molecule has 0 saturated heterocycles. The number of ether oxygens (including phenoxy) is 1. The first-order valence-corrected chi connectivity index (χ1v) is 12.5. The Morgan fingerprint density at radius 1 is 1.12 bits per heavy atom. The number of hydrogen-bond acceptors (Lipinski definition) is 7. The van der Waals surface area contributed by atoms with Gasteiger partial charge >= 0.3 is 0 Å². The molecular weight excluding hydrogens is 525 g/mol. The normalized spacial score (nSPS) is 10.9. The van der Waals surface area contributed by atoms with Crippen molar-refractivity contribution in [2.75, 3.05) is 11.1 Å². The highest BCUT2D eigenvalue weighted by molar-refractivity contribution is 7.99. The molecule has 1 N–H and O–H groups in total. The first-order chi connectivity index (χ1) is 15.9. The first kappa shape index (κ1) is 23.8. The van der Waals surface area contributed by atoms with Gasteiger partial charge in [0.05, 0.1) is 16.5 Å². The van der Waals surface area contributed by atoms with Crippen LogP contribution in [0.25, 0.3) is 11.3 Å². The molecule has 4 aromatic rings. The summed E-state index contributed by atoms with van der Waals surface area (Å²) < 4.78 is 7.47. The lowest BCUT2D eigenvalue weighted by molar-refractivity contribution is -0.113. The minimum Gasteiger partial charge on any atom is -0.484 e. The summed E-state index contributed by atoms with van der Waals surface area (Å²) in [7, 11) is 1.80. The number of amides is 1. The molecule has 12 heteroatoms. The van der Waals surface area contributed by atoms with Gasteiger partial charge in [0.25, 0.3) is 0 Å². The molecule has 2 aromatic heterocycles. The molecule has 0 unspecified atom stereocenters. The Balaban J connectivity index is 1.30. The molecule has 0 saturated carbocycles. The Bertz CT molecular complexity index is 1280. The number of benzene rings is 2. The average Bonchev–Trinajstić information content (AvgIpc) is 3.40. The molecule has 0 radical (unpaired) electrons. The van der Waals surface area contributed by atoms with Crippen molar-refractivity contribution in [3.8, 4) is 17.0 Å². The second kappa shape index (κ2) is 10.8. The van der Waals surface area contributed by atoms with Gasteiger partial charge in [-0.15, -0.1) is 21.5 Å². The number of nitrogens with one attached hydrogen (secondary N) is 1. The van der Waals surface area contributed by atoms with Crippen molar-refractivity contribution in [2.45, 2.75) is 11.8 Å². The van der Waals surface area contributed by atoms with Crippen molar-refractivity contribution in [3.63, 3.8) is 0 Å². The van der Waals surface area contributed by atoms with Gasteiger partial charge in [0.15, 0.2) is 16.1 Å². The van der Waals surface area contributed by atoms with Crippen LogP contribution in [0.5, 0.6) is 5.75 Å². The monoisotopic (exact) mass is 539 g/mol. The highest BCUT2D eigenvalue weighted by Crippen LogP contribution is 2.29. The second-order valence-corrected chi connectivity index (χ2v) is 9.78. The standard InChI is InChI=1S/C21H16Cl3N5O2S2/c1-29-18(9-31-17-8-14(23)6-7-15(17)24)27-28-21(29)33-11-19(30)26-20-25-16(10-32-20)12-2-4-13(22)5-3-12/h2-8,10H,9,11H2,1H3,(H,25,26,30). The van der Waals surface area contributed by atoms with Gasteiger partial charge < -0.3 is 14.6 Å². The fourth-order valence-electron chi connectivity index (χ4n) is 2.70. The number of carbonyl (C=O) groups excluding carboxylic acids is 1. The summed E-state index contributed by atoms with van der Waals surface area (Å²) in [4.78, 5) is 16.8.